The van der Waals surface area contributed by atoms with Gasteiger partial charge in [0.05, 0.1) is 24.4 Å². The lowest BCUT2D eigenvalue weighted by Crippen LogP contribution is -2.37. The van der Waals surface area contributed by atoms with Crippen molar-refractivity contribution in [1.29, 1.82) is 0 Å². The van der Waals surface area contributed by atoms with Gasteiger partial charge < -0.3 is 20.1 Å². The molecule has 1 aliphatic rings. The Morgan fingerprint density at radius 1 is 1.19 bits per heavy atom. The Balaban J connectivity index is 0.000000886. The standard InChI is InChI=1S/C20H18ClFN8O3.C2H4O2/c21-17-6-5-16(30(31)32)11-13(17)12-23-28-19-25-18(24-15-3-1-14(22)2-4-15)26-20(27-19)29-7-9-33-10-8-29;1-2(3)4/h1-6,11-12H,7-10H2,(H2,24,25,26,27,28);1H3,(H,3,4). The number of nitro benzene ring substituents is 1. The average molecular weight is 533 g/mol. The molecule has 0 bridgehead atoms. The van der Waals surface area contributed by atoms with Crippen molar-refractivity contribution >= 4 is 53.0 Å². The number of carboxylic acid groups (broad SMARTS) is 1. The van der Waals surface area contributed by atoms with Gasteiger partial charge in [0.25, 0.3) is 11.7 Å². The number of nitro groups is 1. The third kappa shape index (κ3) is 8.63. The fourth-order valence-electron chi connectivity index (χ4n) is 2.94. The number of halogens is 2. The highest BCUT2D eigenvalue weighted by Gasteiger charge is 2.17. The molecule has 0 aliphatic carbocycles. The SMILES string of the molecule is CC(=O)O.O=[N+]([O-])c1ccc(Cl)c(C=NNc2nc(Nc3ccc(F)cc3)nc(N3CCOCC3)n2)c1. The highest BCUT2D eigenvalue weighted by Crippen LogP contribution is 2.21. The molecule has 0 spiro atoms. The van der Waals surface area contributed by atoms with Gasteiger partial charge in [-0.15, -0.1) is 0 Å². The lowest BCUT2D eigenvalue weighted by atomic mass is 10.2. The summed E-state index contributed by atoms with van der Waals surface area (Å²) in [5.41, 5.74) is 3.54. The van der Waals surface area contributed by atoms with Crippen LogP contribution in [0, 0.1) is 15.9 Å². The second-order valence-corrected chi connectivity index (χ2v) is 7.77. The molecule has 0 amide bonds. The number of ether oxygens (including phenoxy) is 1. The van der Waals surface area contributed by atoms with Gasteiger partial charge in [-0.3, -0.25) is 14.9 Å². The zero-order valence-electron chi connectivity index (χ0n) is 19.5. The molecule has 1 aromatic heterocycles. The number of morpholine rings is 1. The molecule has 0 atom stereocenters. The fourth-order valence-corrected chi connectivity index (χ4v) is 3.11. The van der Waals surface area contributed by atoms with Gasteiger partial charge in [0.1, 0.15) is 5.82 Å². The van der Waals surface area contributed by atoms with Gasteiger partial charge in [0.2, 0.25) is 17.8 Å². The number of benzene rings is 2. The van der Waals surface area contributed by atoms with Crippen LogP contribution in [0.25, 0.3) is 0 Å². The Morgan fingerprint density at radius 2 is 1.84 bits per heavy atom. The molecule has 37 heavy (non-hydrogen) atoms. The summed E-state index contributed by atoms with van der Waals surface area (Å²) in [7, 11) is 0. The Labute approximate surface area is 215 Å². The molecule has 0 radical (unpaired) electrons. The number of nitrogens with one attached hydrogen (secondary N) is 2. The normalized spacial score (nSPS) is 13.0. The molecule has 0 unspecified atom stereocenters. The van der Waals surface area contributed by atoms with Gasteiger partial charge in [-0.2, -0.15) is 20.1 Å². The Morgan fingerprint density at radius 3 is 2.49 bits per heavy atom. The van der Waals surface area contributed by atoms with Crippen molar-refractivity contribution in [1.82, 2.24) is 15.0 Å². The number of rotatable bonds is 7. The summed E-state index contributed by atoms with van der Waals surface area (Å²) < 4.78 is 18.6. The van der Waals surface area contributed by atoms with E-state index in [2.05, 4.69) is 30.8 Å². The van der Waals surface area contributed by atoms with Gasteiger partial charge in [0.15, 0.2) is 0 Å². The van der Waals surface area contributed by atoms with Gasteiger partial charge >= 0.3 is 0 Å². The van der Waals surface area contributed by atoms with Crippen LogP contribution in [0.15, 0.2) is 47.6 Å². The van der Waals surface area contributed by atoms with Crippen molar-refractivity contribution in [2.24, 2.45) is 5.10 Å². The third-order valence-electron chi connectivity index (χ3n) is 4.58. The van der Waals surface area contributed by atoms with Crippen molar-refractivity contribution in [3.05, 3.63) is 69.0 Å². The number of carbonyl (C=O) groups is 1. The molecular formula is C22H22ClFN8O5. The van der Waals surface area contributed by atoms with E-state index < -0.39 is 10.9 Å². The number of hydrogen-bond acceptors (Lipinski definition) is 11. The van der Waals surface area contributed by atoms with Crippen LogP contribution in [0.5, 0.6) is 0 Å². The number of non-ortho nitro benzene ring substituents is 1. The number of aliphatic carboxylic acids is 1. The number of aromatic nitrogens is 3. The summed E-state index contributed by atoms with van der Waals surface area (Å²) in [4.78, 5) is 34.5. The quantitative estimate of drug-likeness (QED) is 0.230. The van der Waals surface area contributed by atoms with Crippen LogP contribution in [-0.4, -0.2) is 63.5 Å². The minimum atomic E-state index is -0.833. The van der Waals surface area contributed by atoms with E-state index in [1.165, 1.54) is 36.5 Å². The van der Waals surface area contributed by atoms with Crippen molar-refractivity contribution in [3.8, 4) is 0 Å². The topological polar surface area (TPSA) is 168 Å². The summed E-state index contributed by atoms with van der Waals surface area (Å²) >= 11 is 6.10. The molecule has 0 saturated carbocycles. The van der Waals surface area contributed by atoms with Crippen molar-refractivity contribution < 1.29 is 24.0 Å². The van der Waals surface area contributed by atoms with E-state index in [0.29, 0.717) is 48.5 Å². The van der Waals surface area contributed by atoms with Gasteiger partial charge in [-0.25, -0.2) is 9.82 Å². The van der Waals surface area contributed by atoms with E-state index in [9.17, 15) is 14.5 Å². The molecule has 15 heteroatoms. The second kappa shape index (κ2) is 13.0. The lowest BCUT2D eigenvalue weighted by molar-refractivity contribution is -0.384. The molecule has 194 valence electrons. The Bertz CT molecular complexity index is 1270. The van der Waals surface area contributed by atoms with Crippen molar-refractivity contribution in [2.45, 2.75) is 6.92 Å². The zero-order valence-corrected chi connectivity index (χ0v) is 20.2. The first-order valence-electron chi connectivity index (χ1n) is 10.7. The van der Waals surface area contributed by atoms with E-state index in [0.717, 1.165) is 6.92 Å². The summed E-state index contributed by atoms with van der Waals surface area (Å²) in [5.74, 6) is -0.427. The van der Waals surface area contributed by atoms with Crippen LogP contribution in [0.2, 0.25) is 5.02 Å². The molecule has 3 N–H and O–H groups in total. The molecule has 1 saturated heterocycles. The van der Waals surface area contributed by atoms with Crippen molar-refractivity contribution in [3.63, 3.8) is 0 Å². The maximum Gasteiger partial charge on any atom is 0.300 e. The number of carboxylic acids is 1. The summed E-state index contributed by atoms with van der Waals surface area (Å²) in [5, 5.41) is 25.8. The Hall–Kier alpha value is -4.43. The van der Waals surface area contributed by atoms with Crippen LogP contribution in [0.3, 0.4) is 0 Å². The van der Waals surface area contributed by atoms with E-state index in [4.69, 9.17) is 26.2 Å². The molecule has 2 heterocycles. The van der Waals surface area contributed by atoms with Gasteiger partial charge in [-0.05, 0) is 30.3 Å². The minimum absolute atomic E-state index is 0.110. The van der Waals surface area contributed by atoms with Gasteiger partial charge in [0, 0.05) is 48.4 Å². The number of anilines is 4. The zero-order chi connectivity index (χ0) is 26.8. The molecule has 13 nitrogen and oxygen atoms in total. The first-order chi connectivity index (χ1) is 17.7. The van der Waals surface area contributed by atoms with Crippen LogP contribution < -0.4 is 15.6 Å². The molecule has 4 rings (SSSR count). The second-order valence-electron chi connectivity index (χ2n) is 7.37. The fraction of sp³-hybridized carbons (Fsp3) is 0.227. The molecular weight excluding hydrogens is 511 g/mol. The van der Waals surface area contributed by atoms with Crippen molar-refractivity contribution in [2.75, 3.05) is 41.9 Å². The summed E-state index contributed by atoms with van der Waals surface area (Å²) in [6.07, 6.45) is 1.33. The van der Waals surface area contributed by atoms with Crippen LogP contribution >= 0.6 is 11.6 Å². The predicted molar refractivity (Wildman–Crippen MR) is 135 cm³/mol. The summed E-state index contributed by atoms with van der Waals surface area (Å²) in [6.45, 7) is 3.37. The molecule has 3 aromatic rings. The Kier molecular flexibility index (Phi) is 9.57. The summed E-state index contributed by atoms with van der Waals surface area (Å²) in [6, 6.07) is 9.79. The monoisotopic (exact) mass is 532 g/mol. The number of hydrazone groups is 1. The predicted octanol–water partition coefficient (Wildman–Crippen LogP) is 3.69. The average Bonchev–Trinajstić information content (AvgIpc) is 2.86. The molecule has 1 aliphatic heterocycles. The highest BCUT2D eigenvalue weighted by molar-refractivity contribution is 6.33. The van der Waals surface area contributed by atoms with Crippen LogP contribution in [0.1, 0.15) is 12.5 Å². The third-order valence-corrected chi connectivity index (χ3v) is 4.92. The first-order valence-corrected chi connectivity index (χ1v) is 11.1. The molecule has 2 aromatic carbocycles. The van der Waals surface area contributed by atoms with E-state index in [-0.39, 0.29) is 23.4 Å². The lowest BCUT2D eigenvalue weighted by Gasteiger charge is -2.27. The van der Waals surface area contributed by atoms with E-state index in [1.54, 1.807) is 12.1 Å². The molecule has 1 fully saturated rings. The van der Waals surface area contributed by atoms with Gasteiger partial charge in [-0.1, -0.05) is 11.6 Å². The number of hydrogen-bond donors (Lipinski definition) is 3. The first kappa shape index (κ1) is 27.2. The maximum absolute atomic E-state index is 13.2. The maximum atomic E-state index is 13.2. The minimum Gasteiger partial charge on any atom is -0.481 e. The number of nitrogens with zero attached hydrogens (tertiary/aromatic N) is 6. The highest BCUT2D eigenvalue weighted by atomic mass is 35.5. The largest absolute Gasteiger partial charge is 0.481 e. The van der Waals surface area contributed by atoms with E-state index in [1.807, 2.05) is 4.90 Å². The van der Waals surface area contributed by atoms with E-state index >= 15 is 0 Å². The van der Waals surface area contributed by atoms with Crippen LogP contribution in [0.4, 0.5) is 33.6 Å². The smallest absolute Gasteiger partial charge is 0.300 e. The van der Waals surface area contributed by atoms with Crippen LogP contribution in [-0.2, 0) is 9.53 Å².